The molecular weight excluding hydrogens is 366 g/mol. The van der Waals surface area contributed by atoms with Crippen LogP contribution in [0.5, 0.6) is 0 Å². The highest BCUT2D eigenvalue weighted by molar-refractivity contribution is 6.35. The van der Waals surface area contributed by atoms with Gasteiger partial charge in [0.2, 0.25) is 0 Å². The fraction of sp³-hybridized carbons (Fsp3) is 0.0526. The lowest BCUT2D eigenvalue weighted by Gasteiger charge is -2.08. The third-order valence-electron chi connectivity index (χ3n) is 3.38. The van der Waals surface area contributed by atoms with E-state index in [2.05, 4.69) is 16.0 Å². The highest BCUT2D eigenvalue weighted by atomic mass is 35.5. The van der Waals surface area contributed by atoms with E-state index in [1.54, 1.807) is 6.07 Å². The second-order valence-electron chi connectivity index (χ2n) is 5.44. The van der Waals surface area contributed by atoms with Gasteiger partial charge < -0.3 is 16.6 Å². The largest absolute Gasteiger partial charge is 0.481 e. The number of fused-ring (bicyclic) bond motifs is 1. The number of aromatic nitrogens is 1. The lowest BCUT2D eigenvalue weighted by atomic mass is 10.0. The van der Waals surface area contributed by atoms with E-state index in [0.717, 1.165) is 28.8 Å². The van der Waals surface area contributed by atoms with Gasteiger partial charge in [0.15, 0.2) is 11.8 Å². The van der Waals surface area contributed by atoms with Crippen molar-refractivity contribution in [1.82, 2.24) is 4.98 Å². The number of nitriles is 1. The molecule has 27 heavy (non-hydrogen) atoms. The number of carboxylic acid groups (broad SMARTS) is 1. The smallest absolute Gasteiger partial charge is 0.300 e. The molecule has 136 valence electrons. The molecule has 0 bridgehead atoms. The second-order valence-corrected chi connectivity index (χ2v) is 5.85. The summed E-state index contributed by atoms with van der Waals surface area (Å²) in [5.41, 5.74) is 13.4. The zero-order valence-electron chi connectivity index (χ0n) is 14.3. The summed E-state index contributed by atoms with van der Waals surface area (Å²) in [5, 5.41) is 18.5. The van der Waals surface area contributed by atoms with Gasteiger partial charge in [0, 0.05) is 23.9 Å². The van der Waals surface area contributed by atoms with Crippen molar-refractivity contribution in [1.29, 1.82) is 5.26 Å². The Morgan fingerprint density at radius 2 is 1.85 bits per heavy atom. The molecule has 1 heterocycles. The van der Waals surface area contributed by atoms with Crippen LogP contribution >= 0.6 is 11.6 Å². The third-order valence-corrected chi connectivity index (χ3v) is 3.68. The van der Waals surface area contributed by atoms with Crippen LogP contribution in [0.25, 0.3) is 21.9 Å². The van der Waals surface area contributed by atoms with E-state index in [9.17, 15) is 0 Å². The van der Waals surface area contributed by atoms with Gasteiger partial charge in [-0.3, -0.25) is 4.79 Å². The topological polar surface area (TPSA) is 138 Å². The Morgan fingerprint density at radius 1 is 1.19 bits per heavy atom. The van der Waals surface area contributed by atoms with Crippen LogP contribution in [-0.2, 0) is 4.79 Å². The van der Waals surface area contributed by atoms with Gasteiger partial charge in [0.25, 0.3) is 5.97 Å². The van der Waals surface area contributed by atoms with Gasteiger partial charge in [-0.1, -0.05) is 35.9 Å². The molecule has 7 nitrogen and oxygen atoms in total. The van der Waals surface area contributed by atoms with Crippen molar-refractivity contribution in [2.75, 3.05) is 0 Å². The summed E-state index contributed by atoms with van der Waals surface area (Å²) in [6.07, 6.45) is 1.52. The molecule has 8 heteroatoms. The number of hydrogen-bond donors (Lipinski definition) is 3. The molecule has 0 aliphatic rings. The molecule has 1 aromatic heterocycles. The molecule has 0 aliphatic heterocycles. The lowest BCUT2D eigenvalue weighted by molar-refractivity contribution is -0.134. The van der Waals surface area contributed by atoms with Gasteiger partial charge in [-0.05, 0) is 29.3 Å². The second kappa shape index (κ2) is 8.65. The molecule has 0 radical (unpaired) electrons. The number of pyridine rings is 1. The number of carbonyl (C=O) groups is 1. The molecule has 3 rings (SSSR count). The van der Waals surface area contributed by atoms with Crippen LogP contribution in [0.1, 0.15) is 12.5 Å². The van der Waals surface area contributed by atoms with Crippen molar-refractivity contribution >= 4 is 40.1 Å². The molecule has 0 amide bonds. The van der Waals surface area contributed by atoms with Crippen LogP contribution in [0, 0.1) is 11.3 Å². The van der Waals surface area contributed by atoms with Gasteiger partial charge in [-0.25, -0.2) is 4.98 Å². The zero-order valence-corrected chi connectivity index (χ0v) is 15.1. The number of halogens is 1. The molecule has 2 aromatic carbocycles. The molecule has 0 saturated carbocycles. The van der Waals surface area contributed by atoms with Crippen molar-refractivity contribution in [2.45, 2.75) is 6.92 Å². The normalized spacial score (nSPS) is 9.67. The lowest BCUT2D eigenvalue weighted by Crippen LogP contribution is -2.22. The Balaban J connectivity index is 0.000000596. The molecule has 0 unspecified atom stereocenters. The number of nitrogens with zero attached hydrogens (tertiary/aromatic N) is 3. The quantitative estimate of drug-likeness (QED) is 0.459. The van der Waals surface area contributed by atoms with Crippen LogP contribution in [0.4, 0.5) is 5.82 Å². The van der Waals surface area contributed by atoms with E-state index >= 15 is 0 Å². The average Bonchev–Trinajstić information content (AvgIpc) is 2.63. The van der Waals surface area contributed by atoms with Gasteiger partial charge in [-0.15, -0.1) is 0 Å². The Bertz CT molecular complexity index is 1070. The summed E-state index contributed by atoms with van der Waals surface area (Å²) < 4.78 is 0. The van der Waals surface area contributed by atoms with Crippen molar-refractivity contribution in [3.63, 3.8) is 0 Å². The maximum Gasteiger partial charge on any atom is 0.300 e. The predicted molar refractivity (Wildman–Crippen MR) is 106 cm³/mol. The first kappa shape index (κ1) is 19.7. The maximum atomic E-state index is 9.04. The summed E-state index contributed by atoms with van der Waals surface area (Å²) in [7, 11) is 0. The Kier molecular flexibility index (Phi) is 6.31. The third kappa shape index (κ3) is 5.17. The van der Waals surface area contributed by atoms with Crippen molar-refractivity contribution in [2.24, 2.45) is 16.5 Å². The first-order valence-corrected chi connectivity index (χ1v) is 8.07. The van der Waals surface area contributed by atoms with E-state index in [1.807, 2.05) is 36.4 Å². The summed E-state index contributed by atoms with van der Waals surface area (Å²) in [4.78, 5) is 17.2. The number of guanidine groups is 1. The van der Waals surface area contributed by atoms with Gasteiger partial charge in [-0.2, -0.15) is 10.3 Å². The Hall–Kier alpha value is -3.63. The molecule has 0 aliphatic carbocycles. The van der Waals surface area contributed by atoms with Gasteiger partial charge >= 0.3 is 0 Å². The van der Waals surface area contributed by atoms with E-state index in [4.69, 9.17) is 38.2 Å². The summed E-state index contributed by atoms with van der Waals surface area (Å²) >= 11 is 6.20. The molecule has 3 aromatic rings. The number of benzene rings is 2. The van der Waals surface area contributed by atoms with Gasteiger partial charge in [0.1, 0.15) is 0 Å². The highest BCUT2D eigenvalue weighted by Crippen LogP contribution is 2.33. The first-order chi connectivity index (χ1) is 12.8. The average molecular weight is 382 g/mol. The molecule has 5 N–H and O–H groups in total. The highest BCUT2D eigenvalue weighted by Gasteiger charge is 2.08. The number of rotatable bonds is 2. The van der Waals surface area contributed by atoms with E-state index in [-0.39, 0.29) is 5.96 Å². The summed E-state index contributed by atoms with van der Waals surface area (Å²) in [6.45, 7) is 1.08. The minimum atomic E-state index is -0.833. The molecular formula is C19H16ClN5O2. The van der Waals surface area contributed by atoms with Crippen molar-refractivity contribution in [3.8, 4) is 17.2 Å². The SMILES string of the molecule is CC(=O)O.N#Cc1cccc(-c2ccc3c(Cl)cnc(N=C(N)N)c3c2)c1. The van der Waals surface area contributed by atoms with E-state index < -0.39 is 5.97 Å². The van der Waals surface area contributed by atoms with Crippen LogP contribution in [0.2, 0.25) is 5.02 Å². The van der Waals surface area contributed by atoms with E-state index in [0.29, 0.717) is 16.4 Å². The molecule has 0 atom stereocenters. The maximum absolute atomic E-state index is 9.04. The number of nitrogens with two attached hydrogens (primary N) is 2. The van der Waals surface area contributed by atoms with Crippen LogP contribution in [-0.4, -0.2) is 22.0 Å². The fourth-order valence-corrected chi connectivity index (χ4v) is 2.57. The monoisotopic (exact) mass is 381 g/mol. The van der Waals surface area contributed by atoms with Crippen molar-refractivity contribution in [3.05, 3.63) is 59.2 Å². The first-order valence-electron chi connectivity index (χ1n) is 7.69. The van der Waals surface area contributed by atoms with Crippen LogP contribution in [0.15, 0.2) is 53.7 Å². The van der Waals surface area contributed by atoms with Crippen LogP contribution in [0.3, 0.4) is 0 Å². The number of aliphatic carboxylic acids is 1. The fourth-order valence-electron chi connectivity index (χ4n) is 2.35. The number of hydrogen-bond acceptors (Lipinski definition) is 4. The number of carboxylic acids is 1. The predicted octanol–water partition coefficient (Wildman–Crippen LogP) is 3.42. The Labute approximate surface area is 160 Å². The minimum Gasteiger partial charge on any atom is -0.481 e. The van der Waals surface area contributed by atoms with E-state index in [1.165, 1.54) is 6.20 Å². The molecule has 0 spiro atoms. The zero-order chi connectivity index (χ0) is 20.0. The molecule has 0 saturated heterocycles. The summed E-state index contributed by atoms with van der Waals surface area (Å²) in [6, 6.07) is 15.2. The minimum absolute atomic E-state index is 0.0713. The van der Waals surface area contributed by atoms with Crippen LogP contribution < -0.4 is 11.5 Å². The standard InChI is InChI=1S/C17H12ClN5.C2H4O2/c18-15-9-22-16(23-17(20)21)14-7-12(4-5-13(14)15)11-3-1-2-10(6-11)8-19;1-2(3)4/h1-7,9H,(H4,20,21,22,23);1H3,(H,3,4). The molecule has 0 fully saturated rings. The number of aliphatic imine (C=N–C) groups is 1. The Morgan fingerprint density at radius 3 is 2.48 bits per heavy atom. The summed E-state index contributed by atoms with van der Waals surface area (Å²) in [5.74, 6) is -0.499. The van der Waals surface area contributed by atoms with Crippen molar-refractivity contribution < 1.29 is 9.90 Å². The van der Waals surface area contributed by atoms with Gasteiger partial charge in [0.05, 0.1) is 16.7 Å².